The molecule has 0 saturated carbocycles. The summed E-state index contributed by atoms with van der Waals surface area (Å²) in [5.41, 5.74) is 2.06. The molecule has 1 aromatic heterocycles. The standard InChI is InChI=1S/C17H15N3O/c1-18-15(12-13-8-4-2-5-9-13)17-20-19-16(21-17)14-10-6-3-7-11-14/h2-11,15H,1,12H2/t15-/m0/s1. The monoisotopic (exact) mass is 277 g/mol. The van der Waals surface area contributed by atoms with Crippen LogP contribution < -0.4 is 0 Å². The maximum absolute atomic E-state index is 5.74. The zero-order valence-electron chi connectivity index (χ0n) is 11.5. The summed E-state index contributed by atoms with van der Waals surface area (Å²) in [5, 5.41) is 8.20. The van der Waals surface area contributed by atoms with Crippen LogP contribution in [0.5, 0.6) is 0 Å². The van der Waals surface area contributed by atoms with Gasteiger partial charge in [0.25, 0.3) is 0 Å². The summed E-state index contributed by atoms with van der Waals surface area (Å²) in [6, 6.07) is 19.5. The van der Waals surface area contributed by atoms with Gasteiger partial charge >= 0.3 is 0 Å². The van der Waals surface area contributed by atoms with Gasteiger partial charge in [-0.1, -0.05) is 48.5 Å². The van der Waals surface area contributed by atoms with Crippen LogP contribution >= 0.6 is 0 Å². The molecule has 104 valence electrons. The van der Waals surface area contributed by atoms with Crippen molar-refractivity contribution in [1.29, 1.82) is 0 Å². The minimum Gasteiger partial charge on any atom is -0.418 e. The topological polar surface area (TPSA) is 51.3 Å². The quantitative estimate of drug-likeness (QED) is 0.668. The van der Waals surface area contributed by atoms with Crippen LogP contribution in [-0.4, -0.2) is 16.9 Å². The summed E-state index contributed by atoms with van der Waals surface area (Å²) in [7, 11) is 0. The molecule has 0 bridgehead atoms. The van der Waals surface area contributed by atoms with Crippen molar-refractivity contribution in [2.45, 2.75) is 12.5 Å². The molecular weight excluding hydrogens is 262 g/mol. The normalized spacial score (nSPS) is 12.0. The van der Waals surface area contributed by atoms with Crippen LogP contribution in [0, 0.1) is 0 Å². The molecule has 0 N–H and O–H groups in total. The first-order valence-corrected chi connectivity index (χ1v) is 6.75. The third kappa shape index (κ3) is 3.05. The summed E-state index contributed by atoms with van der Waals surface area (Å²) in [6.45, 7) is 3.64. The van der Waals surface area contributed by atoms with Crippen molar-refractivity contribution in [3.05, 3.63) is 72.1 Å². The maximum Gasteiger partial charge on any atom is 0.247 e. The molecule has 0 fully saturated rings. The van der Waals surface area contributed by atoms with Gasteiger partial charge in [-0.3, -0.25) is 4.99 Å². The number of aromatic nitrogens is 2. The van der Waals surface area contributed by atoms with Gasteiger partial charge in [-0.15, -0.1) is 10.2 Å². The van der Waals surface area contributed by atoms with Gasteiger partial charge in [0.2, 0.25) is 11.8 Å². The lowest BCUT2D eigenvalue weighted by Gasteiger charge is -2.07. The van der Waals surface area contributed by atoms with E-state index >= 15 is 0 Å². The number of rotatable bonds is 5. The van der Waals surface area contributed by atoms with Crippen molar-refractivity contribution in [3.63, 3.8) is 0 Å². The lowest BCUT2D eigenvalue weighted by molar-refractivity contribution is 0.459. The van der Waals surface area contributed by atoms with Crippen LogP contribution in [0.25, 0.3) is 11.5 Å². The van der Waals surface area contributed by atoms with E-state index < -0.39 is 0 Å². The SMILES string of the molecule is C=N[C@@H](Cc1ccccc1)c1nnc(-c2ccccc2)o1. The van der Waals surface area contributed by atoms with E-state index in [0.29, 0.717) is 18.2 Å². The Labute approximate surface area is 123 Å². The molecule has 1 atom stereocenters. The summed E-state index contributed by atoms with van der Waals surface area (Å²) in [4.78, 5) is 4.11. The van der Waals surface area contributed by atoms with Crippen LogP contribution in [0.15, 0.2) is 70.1 Å². The Balaban J connectivity index is 1.82. The molecule has 4 nitrogen and oxygen atoms in total. The van der Waals surface area contributed by atoms with E-state index in [1.807, 2.05) is 60.7 Å². The van der Waals surface area contributed by atoms with Gasteiger partial charge in [0.05, 0.1) is 0 Å². The predicted octanol–water partition coefficient (Wildman–Crippen LogP) is 3.72. The summed E-state index contributed by atoms with van der Waals surface area (Å²) in [6.07, 6.45) is 0.695. The molecule has 0 aliphatic carbocycles. The average Bonchev–Trinajstić information content (AvgIpc) is 3.04. The van der Waals surface area contributed by atoms with E-state index in [1.165, 1.54) is 0 Å². The van der Waals surface area contributed by atoms with E-state index in [-0.39, 0.29) is 6.04 Å². The molecule has 21 heavy (non-hydrogen) atoms. The highest BCUT2D eigenvalue weighted by atomic mass is 16.4. The second kappa shape index (κ2) is 6.13. The van der Waals surface area contributed by atoms with Gasteiger partial charge in [-0.05, 0) is 24.4 Å². The second-order valence-corrected chi connectivity index (χ2v) is 4.70. The Bertz CT molecular complexity index is 707. The molecule has 0 radical (unpaired) electrons. The van der Waals surface area contributed by atoms with Crippen molar-refractivity contribution in [2.75, 3.05) is 0 Å². The molecule has 3 aromatic rings. The van der Waals surface area contributed by atoms with Crippen molar-refractivity contribution in [1.82, 2.24) is 10.2 Å². The zero-order chi connectivity index (χ0) is 14.5. The van der Waals surface area contributed by atoms with Gasteiger partial charge in [-0.2, -0.15) is 0 Å². The number of hydrogen-bond acceptors (Lipinski definition) is 4. The van der Waals surface area contributed by atoms with Crippen LogP contribution in [0.3, 0.4) is 0 Å². The molecule has 3 rings (SSSR count). The van der Waals surface area contributed by atoms with E-state index in [1.54, 1.807) is 0 Å². The Morgan fingerprint density at radius 2 is 1.62 bits per heavy atom. The Kier molecular flexibility index (Phi) is 3.87. The highest BCUT2D eigenvalue weighted by Crippen LogP contribution is 2.24. The van der Waals surface area contributed by atoms with Crippen LogP contribution in [-0.2, 0) is 6.42 Å². The fourth-order valence-corrected chi connectivity index (χ4v) is 2.13. The molecule has 0 amide bonds. The molecular formula is C17H15N3O. The predicted molar refractivity (Wildman–Crippen MR) is 82.2 cm³/mol. The fourth-order valence-electron chi connectivity index (χ4n) is 2.13. The maximum atomic E-state index is 5.74. The highest BCUT2D eigenvalue weighted by molar-refractivity contribution is 5.51. The average molecular weight is 277 g/mol. The first-order valence-electron chi connectivity index (χ1n) is 6.75. The first-order chi connectivity index (χ1) is 10.4. The van der Waals surface area contributed by atoms with Crippen molar-refractivity contribution >= 4 is 6.72 Å². The summed E-state index contributed by atoms with van der Waals surface area (Å²) < 4.78 is 5.74. The molecule has 0 aliphatic heterocycles. The Morgan fingerprint density at radius 3 is 2.29 bits per heavy atom. The lowest BCUT2D eigenvalue weighted by atomic mass is 10.1. The third-order valence-corrected chi connectivity index (χ3v) is 3.24. The van der Waals surface area contributed by atoms with Crippen LogP contribution in [0.1, 0.15) is 17.5 Å². The first kappa shape index (κ1) is 13.2. The highest BCUT2D eigenvalue weighted by Gasteiger charge is 2.18. The van der Waals surface area contributed by atoms with Crippen molar-refractivity contribution in [2.24, 2.45) is 4.99 Å². The summed E-state index contributed by atoms with van der Waals surface area (Å²) in [5.74, 6) is 1.00. The zero-order valence-corrected chi connectivity index (χ0v) is 11.5. The minimum absolute atomic E-state index is 0.225. The Hall–Kier alpha value is -2.75. The fraction of sp³-hybridized carbons (Fsp3) is 0.118. The molecule has 4 heteroatoms. The number of aliphatic imine (C=N–C) groups is 1. The van der Waals surface area contributed by atoms with Crippen molar-refractivity contribution in [3.8, 4) is 11.5 Å². The Morgan fingerprint density at radius 1 is 0.952 bits per heavy atom. The van der Waals surface area contributed by atoms with Crippen LogP contribution in [0.2, 0.25) is 0 Å². The third-order valence-electron chi connectivity index (χ3n) is 3.24. The minimum atomic E-state index is -0.225. The number of hydrogen-bond donors (Lipinski definition) is 0. The molecule has 1 heterocycles. The molecule has 2 aromatic carbocycles. The number of nitrogens with zero attached hydrogens (tertiary/aromatic N) is 3. The van der Waals surface area contributed by atoms with E-state index in [0.717, 1.165) is 11.1 Å². The van der Waals surface area contributed by atoms with Gasteiger partial charge < -0.3 is 4.42 Å². The van der Waals surface area contributed by atoms with E-state index in [2.05, 4.69) is 21.9 Å². The largest absolute Gasteiger partial charge is 0.418 e. The molecule has 0 saturated heterocycles. The van der Waals surface area contributed by atoms with Gasteiger partial charge in [0, 0.05) is 12.0 Å². The smallest absolute Gasteiger partial charge is 0.247 e. The van der Waals surface area contributed by atoms with E-state index in [4.69, 9.17) is 4.42 Å². The summed E-state index contributed by atoms with van der Waals surface area (Å²) >= 11 is 0. The molecule has 0 aliphatic rings. The van der Waals surface area contributed by atoms with Crippen molar-refractivity contribution < 1.29 is 4.42 Å². The lowest BCUT2D eigenvalue weighted by Crippen LogP contribution is -2.00. The van der Waals surface area contributed by atoms with E-state index in [9.17, 15) is 0 Å². The van der Waals surface area contributed by atoms with Gasteiger partial charge in [0.1, 0.15) is 6.04 Å². The van der Waals surface area contributed by atoms with Crippen LogP contribution in [0.4, 0.5) is 0 Å². The molecule has 0 spiro atoms. The van der Waals surface area contributed by atoms with Gasteiger partial charge in [0.15, 0.2) is 0 Å². The van der Waals surface area contributed by atoms with Gasteiger partial charge in [-0.25, -0.2) is 0 Å². The molecule has 0 unspecified atom stereocenters. The second-order valence-electron chi connectivity index (χ2n) is 4.70. The number of benzene rings is 2.